The number of primary amides is 1. The number of carbonyl (C=O) groups is 1. The number of nitrogens with two attached hydrogens (primary N) is 1. The van der Waals surface area contributed by atoms with Crippen molar-refractivity contribution in [1.29, 1.82) is 0 Å². The molecule has 0 spiro atoms. The van der Waals surface area contributed by atoms with E-state index in [0.29, 0.717) is 22.5 Å². The van der Waals surface area contributed by atoms with Crippen LogP contribution in [0.5, 0.6) is 5.75 Å². The van der Waals surface area contributed by atoms with E-state index in [1.54, 1.807) is 29.9 Å². The highest BCUT2D eigenvalue weighted by atomic mass is 19.1. The fourth-order valence-electron chi connectivity index (χ4n) is 3.60. The maximum atomic E-state index is 14.4. The molecule has 1 aliphatic carbocycles. The maximum Gasteiger partial charge on any atom is 0.555 e. The molecule has 1 aliphatic heterocycles. The molecule has 1 aromatic heterocycles. The van der Waals surface area contributed by atoms with Crippen molar-refractivity contribution in [3.8, 4) is 5.75 Å². The molecule has 4 N–H and O–H groups in total. The Balaban J connectivity index is 1.68. The minimum atomic E-state index is -1.16. The summed E-state index contributed by atoms with van der Waals surface area (Å²) in [6, 6.07) is 3.16. The SMILES string of the molecule is CC1=Cc2cc(Nc3nn(C4CCCC4)cc3C(N)=O)cc(F)c2OB1O. The molecule has 27 heavy (non-hydrogen) atoms. The van der Waals surface area contributed by atoms with Crippen molar-refractivity contribution in [1.82, 2.24) is 9.78 Å². The molecule has 0 radical (unpaired) electrons. The third-order valence-electron chi connectivity index (χ3n) is 5.03. The van der Waals surface area contributed by atoms with Crippen molar-refractivity contribution in [2.75, 3.05) is 5.32 Å². The van der Waals surface area contributed by atoms with Crippen LogP contribution in [-0.2, 0) is 0 Å². The fourth-order valence-corrected chi connectivity index (χ4v) is 3.60. The first-order chi connectivity index (χ1) is 12.9. The molecule has 2 aliphatic rings. The van der Waals surface area contributed by atoms with E-state index < -0.39 is 18.8 Å². The predicted octanol–water partition coefficient (Wildman–Crippen LogP) is 2.80. The third kappa shape index (κ3) is 3.30. The van der Waals surface area contributed by atoms with Gasteiger partial charge in [-0.15, -0.1) is 0 Å². The van der Waals surface area contributed by atoms with E-state index in [1.807, 2.05) is 0 Å². The summed E-state index contributed by atoms with van der Waals surface area (Å²) in [6.07, 6.45) is 7.59. The number of allylic oxidation sites excluding steroid dienone is 1. The van der Waals surface area contributed by atoms with Gasteiger partial charge < -0.3 is 20.7 Å². The minimum absolute atomic E-state index is 0.00902. The van der Waals surface area contributed by atoms with Crippen LogP contribution in [0.25, 0.3) is 6.08 Å². The van der Waals surface area contributed by atoms with E-state index >= 15 is 0 Å². The summed E-state index contributed by atoms with van der Waals surface area (Å²) in [7, 11) is -1.16. The van der Waals surface area contributed by atoms with Gasteiger partial charge in [0.05, 0.1) is 6.04 Å². The molecule has 1 aromatic carbocycles. The van der Waals surface area contributed by atoms with Crippen molar-refractivity contribution in [2.24, 2.45) is 5.73 Å². The van der Waals surface area contributed by atoms with E-state index in [9.17, 15) is 14.2 Å². The Morgan fingerprint density at radius 1 is 1.44 bits per heavy atom. The van der Waals surface area contributed by atoms with Crippen LogP contribution < -0.4 is 15.7 Å². The van der Waals surface area contributed by atoms with E-state index in [1.165, 1.54) is 6.07 Å². The summed E-state index contributed by atoms with van der Waals surface area (Å²) >= 11 is 0. The fraction of sp³-hybridized carbons (Fsp3) is 0.333. The topological polar surface area (TPSA) is 102 Å². The van der Waals surface area contributed by atoms with Crippen molar-refractivity contribution in [2.45, 2.75) is 38.6 Å². The van der Waals surface area contributed by atoms with Gasteiger partial charge in [0.15, 0.2) is 11.6 Å². The zero-order valence-corrected chi connectivity index (χ0v) is 14.9. The monoisotopic (exact) mass is 370 g/mol. The summed E-state index contributed by atoms with van der Waals surface area (Å²) in [5, 5.41) is 17.2. The molecule has 9 heteroatoms. The molecular weight excluding hydrogens is 350 g/mol. The first-order valence-electron chi connectivity index (χ1n) is 8.95. The molecule has 2 aromatic rings. The van der Waals surface area contributed by atoms with E-state index in [4.69, 9.17) is 10.4 Å². The molecule has 140 valence electrons. The van der Waals surface area contributed by atoms with Gasteiger partial charge in [-0.2, -0.15) is 5.10 Å². The lowest BCUT2D eigenvalue weighted by Gasteiger charge is -2.20. The van der Waals surface area contributed by atoms with E-state index in [0.717, 1.165) is 25.7 Å². The largest absolute Gasteiger partial charge is 0.555 e. The van der Waals surface area contributed by atoms with Gasteiger partial charge in [0.1, 0.15) is 11.3 Å². The Kier molecular flexibility index (Phi) is 4.39. The molecule has 7 nitrogen and oxygen atoms in total. The molecule has 1 amide bonds. The van der Waals surface area contributed by atoms with Crippen molar-refractivity contribution >= 4 is 30.6 Å². The summed E-state index contributed by atoms with van der Waals surface area (Å²) in [5.41, 5.74) is 7.23. The van der Waals surface area contributed by atoms with Gasteiger partial charge in [-0.25, -0.2) is 4.39 Å². The average molecular weight is 370 g/mol. The van der Waals surface area contributed by atoms with Gasteiger partial charge in [0.2, 0.25) is 0 Å². The molecule has 4 rings (SSSR count). The minimum Gasteiger partial charge on any atom is -0.530 e. The number of halogens is 1. The van der Waals surface area contributed by atoms with Crippen molar-refractivity contribution in [3.63, 3.8) is 0 Å². The maximum absolute atomic E-state index is 14.4. The number of carbonyl (C=O) groups excluding carboxylic acids is 1. The van der Waals surface area contributed by atoms with Gasteiger partial charge in [-0.3, -0.25) is 9.48 Å². The number of aromatic nitrogens is 2. The molecule has 1 saturated carbocycles. The number of fused-ring (bicyclic) bond motifs is 1. The highest BCUT2D eigenvalue weighted by molar-refractivity contribution is 6.54. The zero-order valence-electron chi connectivity index (χ0n) is 14.9. The van der Waals surface area contributed by atoms with Crippen LogP contribution in [0.4, 0.5) is 15.9 Å². The number of rotatable bonds is 4. The standard InChI is InChI=1S/C18H20BFN4O3/c1-10-6-11-7-12(8-15(20)16(11)27-19(10)26)22-18-14(17(21)25)9-24(23-18)13-4-2-3-5-13/h6-9,13,26H,2-5H2,1H3,(H2,21,25)(H,22,23). The predicted molar refractivity (Wildman–Crippen MR) is 100 cm³/mol. The first kappa shape index (κ1) is 17.6. The molecule has 0 saturated heterocycles. The summed E-state index contributed by atoms with van der Waals surface area (Å²) in [6.45, 7) is 1.69. The number of anilines is 2. The Morgan fingerprint density at radius 2 is 2.19 bits per heavy atom. The van der Waals surface area contributed by atoms with Crippen molar-refractivity contribution < 1.29 is 18.9 Å². The number of amides is 1. The second-order valence-electron chi connectivity index (χ2n) is 7.03. The molecule has 1 fully saturated rings. The second kappa shape index (κ2) is 6.73. The van der Waals surface area contributed by atoms with Crippen LogP contribution in [0.1, 0.15) is 54.6 Å². The van der Waals surface area contributed by atoms with Gasteiger partial charge in [0, 0.05) is 23.5 Å². The number of hydrogen-bond acceptors (Lipinski definition) is 5. The lowest BCUT2D eigenvalue weighted by Crippen LogP contribution is -2.27. The first-order valence-corrected chi connectivity index (χ1v) is 8.95. The van der Waals surface area contributed by atoms with E-state index in [-0.39, 0.29) is 17.4 Å². The van der Waals surface area contributed by atoms with Crippen molar-refractivity contribution in [3.05, 3.63) is 40.7 Å². The van der Waals surface area contributed by atoms with Gasteiger partial charge in [0.25, 0.3) is 5.91 Å². The molecule has 0 atom stereocenters. The van der Waals surface area contributed by atoms with Crippen LogP contribution in [0.2, 0.25) is 0 Å². The van der Waals surface area contributed by atoms with E-state index in [2.05, 4.69) is 10.4 Å². The molecule has 0 bridgehead atoms. The van der Waals surface area contributed by atoms with Crippen LogP contribution in [0, 0.1) is 5.82 Å². The Morgan fingerprint density at radius 3 is 2.89 bits per heavy atom. The normalized spacial score (nSPS) is 16.7. The van der Waals surface area contributed by atoms with Gasteiger partial charge >= 0.3 is 7.12 Å². The number of benzene rings is 1. The smallest absolute Gasteiger partial charge is 0.530 e. The highest BCUT2D eigenvalue weighted by Gasteiger charge is 2.27. The Bertz CT molecular complexity index is 937. The molecule has 2 heterocycles. The Labute approximate surface area is 156 Å². The third-order valence-corrected chi connectivity index (χ3v) is 5.03. The lowest BCUT2D eigenvalue weighted by molar-refractivity contribution is 0.100. The summed E-state index contributed by atoms with van der Waals surface area (Å²) < 4.78 is 21.4. The molecular formula is C18H20BFN4O3. The van der Waals surface area contributed by atoms with Crippen LogP contribution in [0.3, 0.4) is 0 Å². The Hall–Kier alpha value is -2.81. The number of hydrogen-bond donors (Lipinski definition) is 3. The lowest BCUT2D eigenvalue weighted by atomic mass is 9.76. The highest BCUT2D eigenvalue weighted by Crippen LogP contribution is 2.35. The summed E-state index contributed by atoms with van der Waals surface area (Å²) in [5.74, 6) is -0.924. The average Bonchev–Trinajstić information content (AvgIpc) is 3.26. The van der Waals surface area contributed by atoms with Gasteiger partial charge in [-0.05, 0) is 31.3 Å². The number of nitrogens with zero attached hydrogens (tertiary/aromatic N) is 2. The number of nitrogens with one attached hydrogen (secondary N) is 1. The second-order valence-corrected chi connectivity index (χ2v) is 7.03. The van der Waals surface area contributed by atoms with Crippen LogP contribution in [-0.4, -0.2) is 27.8 Å². The van der Waals surface area contributed by atoms with Gasteiger partial charge in [-0.1, -0.05) is 18.9 Å². The summed E-state index contributed by atoms with van der Waals surface area (Å²) in [4.78, 5) is 11.8. The van der Waals surface area contributed by atoms with Crippen LogP contribution in [0.15, 0.2) is 23.8 Å². The molecule has 0 unspecified atom stereocenters. The van der Waals surface area contributed by atoms with Crippen LogP contribution >= 0.6 is 0 Å². The quantitative estimate of drug-likeness (QED) is 0.719. The zero-order chi connectivity index (χ0) is 19.1.